The van der Waals surface area contributed by atoms with Gasteiger partial charge in [0.05, 0.1) is 19.1 Å². The number of benzene rings is 1. The van der Waals surface area contributed by atoms with Crippen LogP contribution < -0.4 is 10.1 Å². The minimum Gasteiger partial charge on any atom is -0.481 e. The van der Waals surface area contributed by atoms with Gasteiger partial charge in [-0.1, -0.05) is 36.4 Å². The number of nitrogens with zero attached hydrogens (tertiary/aromatic N) is 2. The normalized spacial score (nSPS) is 11.6. The van der Waals surface area contributed by atoms with Gasteiger partial charge in [0.2, 0.25) is 5.88 Å². The molecule has 102 valence electrons. The van der Waals surface area contributed by atoms with Crippen LogP contribution in [-0.2, 0) is 6.54 Å². The molecule has 1 N–H and O–H groups in total. The number of hydrogen-bond acceptors (Lipinski definition) is 4. The predicted molar refractivity (Wildman–Crippen MR) is 77.3 cm³/mol. The van der Waals surface area contributed by atoms with Gasteiger partial charge in [-0.15, -0.1) is 0 Å². The third-order valence-corrected chi connectivity index (χ3v) is 3.04. The fourth-order valence-corrected chi connectivity index (χ4v) is 1.92. The third-order valence-electron chi connectivity index (χ3n) is 3.04. The number of nitriles is 1. The molecule has 1 heterocycles. The van der Waals surface area contributed by atoms with Crippen LogP contribution in [0.4, 0.5) is 0 Å². The van der Waals surface area contributed by atoms with Crippen molar-refractivity contribution in [1.82, 2.24) is 10.3 Å². The molecule has 0 saturated heterocycles. The van der Waals surface area contributed by atoms with E-state index in [0.717, 1.165) is 11.1 Å². The van der Waals surface area contributed by atoms with Gasteiger partial charge >= 0.3 is 0 Å². The Morgan fingerprint density at radius 1 is 1.25 bits per heavy atom. The van der Waals surface area contributed by atoms with E-state index in [2.05, 4.69) is 16.4 Å². The second kappa shape index (κ2) is 7.27. The van der Waals surface area contributed by atoms with Gasteiger partial charge in [0.1, 0.15) is 0 Å². The van der Waals surface area contributed by atoms with E-state index in [-0.39, 0.29) is 5.92 Å². The van der Waals surface area contributed by atoms with Crippen molar-refractivity contribution in [2.45, 2.75) is 12.5 Å². The maximum atomic E-state index is 9.23. The van der Waals surface area contributed by atoms with Crippen LogP contribution in [-0.4, -0.2) is 18.6 Å². The van der Waals surface area contributed by atoms with Gasteiger partial charge in [-0.3, -0.25) is 0 Å². The van der Waals surface area contributed by atoms with E-state index in [0.29, 0.717) is 19.0 Å². The summed E-state index contributed by atoms with van der Waals surface area (Å²) in [6.45, 7) is 1.30. The monoisotopic (exact) mass is 267 g/mol. The lowest BCUT2D eigenvalue weighted by atomic mass is 10.0. The zero-order valence-corrected chi connectivity index (χ0v) is 11.4. The van der Waals surface area contributed by atoms with E-state index in [1.165, 1.54) is 0 Å². The van der Waals surface area contributed by atoms with Crippen LogP contribution in [0.5, 0.6) is 5.88 Å². The van der Waals surface area contributed by atoms with Gasteiger partial charge in [-0.25, -0.2) is 4.98 Å². The Morgan fingerprint density at radius 2 is 2.05 bits per heavy atom. The third kappa shape index (κ3) is 3.81. The zero-order valence-electron chi connectivity index (χ0n) is 11.4. The lowest BCUT2D eigenvalue weighted by molar-refractivity contribution is 0.397. The lowest BCUT2D eigenvalue weighted by Crippen LogP contribution is -2.20. The molecule has 1 atom stereocenters. The van der Waals surface area contributed by atoms with Crippen LogP contribution in [0.3, 0.4) is 0 Å². The highest BCUT2D eigenvalue weighted by Crippen LogP contribution is 2.13. The molecule has 0 aliphatic heterocycles. The van der Waals surface area contributed by atoms with Gasteiger partial charge in [0, 0.05) is 25.4 Å². The maximum absolute atomic E-state index is 9.23. The van der Waals surface area contributed by atoms with Gasteiger partial charge in [0.25, 0.3) is 0 Å². The Hall–Kier alpha value is -2.38. The molecular weight excluding hydrogens is 250 g/mol. The molecular formula is C16H17N3O. The van der Waals surface area contributed by atoms with Crippen molar-refractivity contribution in [1.29, 1.82) is 5.26 Å². The van der Waals surface area contributed by atoms with Crippen molar-refractivity contribution in [3.63, 3.8) is 0 Å². The summed E-state index contributed by atoms with van der Waals surface area (Å²) in [4.78, 5) is 4.15. The van der Waals surface area contributed by atoms with Crippen molar-refractivity contribution < 1.29 is 4.74 Å². The highest BCUT2D eigenvalue weighted by Gasteiger charge is 2.09. The quantitative estimate of drug-likeness (QED) is 0.873. The number of nitrogens with one attached hydrogen (secondary N) is 1. The van der Waals surface area contributed by atoms with Crippen molar-refractivity contribution in [2.24, 2.45) is 0 Å². The van der Waals surface area contributed by atoms with Crippen molar-refractivity contribution in [2.75, 3.05) is 13.7 Å². The first-order chi connectivity index (χ1) is 9.83. The second-order valence-corrected chi connectivity index (χ2v) is 4.43. The molecule has 0 fully saturated rings. The van der Waals surface area contributed by atoms with Crippen LogP contribution in [0.25, 0.3) is 0 Å². The van der Waals surface area contributed by atoms with Crippen LogP contribution in [0.15, 0.2) is 48.7 Å². The fraction of sp³-hybridized carbons (Fsp3) is 0.250. The molecule has 1 unspecified atom stereocenters. The fourth-order valence-electron chi connectivity index (χ4n) is 1.92. The molecule has 4 nitrogen and oxygen atoms in total. The zero-order chi connectivity index (χ0) is 14.2. The summed E-state index contributed by atoms with van der Waals surface area (Å²) in [5.74, 6) is 0.468. The SMILES string of the molecule is COc1ccc(CNCC(C#N)c2ccccc2)cn1. The Labute approximate surface area is 119 Å². The van der Waals surface area contributed by atoms with E-state index in [4.69, 9.17) is 4.74 Å². The summed E-state index contributed by atoms with van der Waals surface area (Å²) < 4.78 is 5.01. The maximum Gasteiger partial charge on any atom is 0.212 e. The minimum absolute atomic E-state index is 0.137. The summed E-state index contributed by atoms with van der Waals surface area (Å²) in [6, 6.07) is 15.9. The number of hydrogen-bond donors (Lipinski definition) is 1. The topological polar surface area (TPSA) is 57.9 Å². The van der Waals surface area contributed by atoms with Crippen LogP contribution in [0, 0.1) is 11.3 Å². The number of rotatable bonds is 6. The van der Waals surface area contributed by atoms with Crippen molar-refractivity contribution in [3.05, 3.63) is 59.8 Å². The van der Waals surface area contributed by atoms with E-state index in [9.17, 15) is 5.26 Å². The summed E-state index contributed by atoms with van der Waals surface area (Å²) in [5.41, 5.74) is 2.10. The van der Waals surface area contributed by atoms with Crippen molar-refractivity contribution >= 4 is 0 Å². The van der Waals surface area contributed by atoms with Gasteiger partial charge in [0.15, 0.2) is 0 Å². The molecule has 0 aliphatic rings. The summed E-state index contributed by atoms with van der Waals surface area (Å²) >= 11 is 0. The highest BCUT2D eigenvalue weighted by molar-refractivity contribution is 5.25. The number of aromatic nitrogens is 1. The second-order valence-electron chi connectivity index (χ2n) is 4.43. The van der Waals surface area contributed by atoms with Crippen LogP contribution >= 0.6 is 0 Å². The Balaban J connectivity index is 1.86. The molecule has 4 heteroatoms. The number of methoxy groups -OCH3 is 1. The molecule has 2 aromatic rings. The van der Waals surface area contributed by atoms with Gasteiger partial charge < -0.3 is 10.1 Å². The van der Waals surface area contributed by atoms with E-state index in [1.807, 2.05) is 42.5 Å². The molecule has 0 radical (unpaired) electrons. The first-order valence-electron chi connectivity index (χ1n) is 6.47. The molecule has 0 saturated carbocycles. The van der Waals surface area contributed by atoms with E-state index < -0.39 is 0 Å². The van der Waals surface area contributed by atoms with Crippen LogP contribution in [0.2, 0.25) is 0 Å². The summed E-state index contributed by atoms with van der Waals surface area (Å²) in [7, 11) is 1.59. The highest BCUT2D eigenvalue weighted by atomic mass is 16.5. The summed E-state index contributed by atoms with van der Waals surface area (Å²) in [6.07, 6.45) is 1.77. The molecule has 0 bridgehead atoms. The smallest absolute Gasteiger partial charge is 0.212 e. The van der Waals surface area contributed by atoms with Crippen LogP contribution in [0.1, 0.15) is 17.0 Å². The van der Waals surface area contributed by atoms with Crippen molar-refractivity contribution in [3.8, 4) is 11.9 Å². The lowest BCUT2D eigenvalue weighted by Gasteiger charge is -2.11. The molecule has 1 aromatic heterocycles. The molecule has 0 aliphatic carbocycles. The Morgan fingerprint density at radius 3 is 2.65 bits per heavy atom. The van der Waals surface area contributed by atoms with E-state index >= 15 is 0 Å². The molecule has 1 aromatic carbocycles. The predicted octanol–water partition coefficient (Wildman–Crippen LogP) is 2.49. The molecule has 2 rings (SSSR count). The Kier molecular flexibility index (Phi) is 5.10. The molecule has 0 amide bonds. The van der Waals surface area contributed by atoms with Gasteiger partial charge in [-0.2, -0.15) is 5.26 Å². The number of ether oxygens (including phenoxy) is 1. The Bertz CT molecular complexity index is 561. The first-order valence-corrected chi connectivity index (χ1v) is 6.47. The molecule has 0 spiro atoms. The average Bonchev–Trinajstić information content (AvgIpc) is 2.53. The largest absolute Gasteiger partial charge is 0.481 e. The number of pyridine rings is 1. The first kappa shape index (κ1) is 14.0. The van der Waals surface area contributed by atoms with Gasteiger partial charge in [-0.05, 0) is 11.1 Å². The van der Waals surface area contributed by atoms with E-state index in [1.54, 1.807) is 13.3 Å². The minimum atomic E-state index is -0.137. The standard InChI is InChI=1S/C16H17N3O/c1-20-16-8-7-13(11-19-16)10-18-12-15(9-17)14-5-3-2-4-6-14/h2-8,11,15,18H,10,12H2,1H3. The average molecular weight is 267 g/mol. The summed E-state index contributed by atoms with van der Waals surface area (Å²) in [5, 5.41) is 12.5. The molecule has 20 heavy (non-hydrogen) atoms.